The quantitative estimate of drug-likeness (QED) is 0.427. The molecule has 0 saturated carbocycles. The van der Waals surface area contributed by atoms with Gasteiger partial charge in [-0.05, 0) is 42.3 Å². The number of nitrogens with one attached hydrogen (secondary N) is 1. The Balaban J connectivity index is 1.40. The van der Waals surface area contributed by atoms with Gasteiger partial charge in [-0.1, -0.05) is 35.3 Å². The molecule has 0 spiro atoms. The maximum atomic E-state index is 12.2. The molecule has 1 amide bonds. The predicted octanol–water partition coefficient (Wildman–Crippen LogP) is 5.67. The van der Waals surface area contributed by atoms with Crippen molar-refractivity contribution in [2.75, 3.05) is 11.9 Å². The van der Waals surface area contributed by atoms with E-state index in [9.17, 15) is 9.59 Å². The van der Waals surface area contributed by atoms with E-state index in [4.69, 9.17) is 27.9 Å². The van der Waals surface area contributed by atoms with Gasteiger partial charge >= 0.3 is 0 Å². The van der Waals surface area contributed by atoms with Gasteiger partial charge in [0.15, 0.2) is 5.01 Å². The van der Waals surface area contributed by atoms with Crippen molar-refractivity contribution in [3.05, 3.63) is 74.7 Å². The minimum atomic E-state index is -0.246. The number of rotatable bonds is 9. The molecule has 1 heterocycles. The SMILES string of the molecule is O=C(CCCOc1ccc(Cl)cc1Cl)Cc1ccc(NC(=O)c2nccs2)cc1. The molecule has 29 heavy (non-hydrogen) atoms. The highest BCUT2D eigenvalue weighted by Crippen LogP contribution is 2.27. The summed E-state index contributed by atoms with van der Waals surface area (Å²) in [5.74, 6) is 0.430. The molecule has 150 valence electrons. The molecule has 0 bridgehead atoms. The number of thiazole rings is 1. The van der Waals surface area contributed by atoms with Crippen molar-refractivity contribution in [1.82, 2.24) is 4.98 Å². The van der Waals surface area contributed by atoms with Crippen molar-refractivity contribution in [3.8, 4) is 5.75 Å². The van der Waals surface area contributed by atoms with Gasteiger partial charge < -0.3 is 10.1 Å². The van der Waals surface area contributed by atoms with Gasteiger partial charge in [0.1, 0.15) is 11.5 Å². The van der Waals surface area contributed by atoms with E-state index < -0.39 is 0 Å². The molecule has 0 aliphatic heterocycles. The summed E-state index contributed by atoms with van der Waals surface area (Å²) in [5, 5.41) is 5.93. The Morgan fingerprint density at radius 3 is 2.59 bits per heavy atom. The Morgan fingerprint density at radius 2 is 1.90 bits per heavy atom. The van der Waals surface area contributed by atoms with Gasteiger partial charge in [-0.25, -0.2) is 4.98 Å². The number of Topliss-reactive ketones (excluding diaryl/α,β-unsaturated/α-hetero) is 1. The number of carbonyl (C=O) groups excluding carboxylic acids is 2. The second kappa shape index (κ2) is 10.4. The number of carbonyl (C=O) groups is 2. The standard InChI is InChI=1S/C21H18Cl2N2O3S/c22-15-5-8-19(18(23)13-15)28-10-1-2-17(26)12-14-3-6-16(7-4-14)25-20(27)21-24-9-11-29-21/h3-9,11,13H,1-2,10,12H2,(H,25,27). The third-order valence-electron chi connectivity index (χ3n) is 3.99. The molecule has 0 aliphatic carbocycles. The minimum absolute atomic E-state index is 0.121. The van der Waals surface area contributed by atoms with E-state index in [2.05, 4.69) is 10.3 Å². The van der Waals surface area contributed by atoms with Crippen LogP contribution in [0, 0.1) is 0 Å². The Hall–Kier alpha value is -2.41. The van der Waals surface area contributed by atoms with Crippen LogP contribution in [-0.2, 0) is 11.2 Å². The summed E-state index contributed by atoms with van der Waals surface area (Å²) in [4.78, 5) is 28.1. The minimum Gasteiger partial charge on any atom is -0.492 e. The summed E-state index contributed by atoms with van der Waals surface area (Å²) in [6.45, 7) is 0.398. The molecule has 0 fully saturated rings. The largest absolute Gasteiger partial charge is 0.492 e. The van der Waals surface area contributed by atoms with Crippen LogP contribution in [0.3, 0.4) is 0 Å². The molecule has 3 aromatic rings. The van der Waals surface area contributed by atoms with E-state index >= 15 is 0 Å². The van der Waals surface area contributed by atoms with Gasteiger partial charge in [-0.3, -0.25) is 9.59 Å². The lowest BCUT2D eigenvalue weighted by atomic mass is 10.1. The van der Waals surface area contributed by atoms with Gasteiger partial charge in [0.25, 0.3) is 5.91 Å². The molecule has 5 nitrogen and oxygen atoms in total. The van der Waals surface area contributed by atoms with Gasteiger partial charge in [0.2, 0.25) is 0 Å². The number of halogens is 2. The van der Waals surface area contributed by atoms with Crippen LogP contribution in [0.4, 0.5) is 5.69 Å². The van der Waals surface area contributed by atoms with E-state index in [0.717, 1.165) is 5.56 Å². The molecule has 8 heteroatoms. The van der Waals surface area contributed by atoms with Gasteiger partial charge in [0.05, 0.1) is 11.6 Å². The molecule has 0 atom stereocenters. The van der Waals surface area contributed by atoms with Crippen LogP contribution in [0.1, 0.15) is 28.2 Å². The fraction of sp³-hybridized carbons (Fsp3) is 0.190. The monoisotopic (exact) mass is 448 g/mol. The van der Waals surface area contributed by atoms with Gasteiger partial charge in [-0.15, -0.1) is 11.3 Å². The number of nitrogens with zero attached hydrogens (tertiary/aromatic N) is 1. The summed E-state index contributed by atoms with van der Waals surface area (Å²) in [6.07, 6.45) is 2.93. The molecule has 0 saturated heterocycles. The maximum absolute atomic E-state index is 12.2. The first-order valence-corrected chi connectivity index (χ1v) is 10.5. The van der Waals surface area contributed by atoms with Crippen LogP contribution in [0.2, 0.25) is 10.0 Å². The number of aromatic nitrogens is 1. The van der Waals surface area contributed by atoms with Crippen LogP contribution in [-0.4, -0.2) is 23.3 Å². The lowest BCUT2D eigenvalue weighted by Crippen LogP contribution is -2.11. The van der Waals surface area contributed by atoms with Crippen LogP contribution in [0.5, 0.6) is 5.75 Å². The summed E-state index contributed by atoms with van der Waals surface area (Å²) < 4.78 is 5.59. The van der Waals surface area contributed by atoms with Crippen LogP contribution < -0.4 is 10.1 Å². The summed E-state index contributed by atoms with van der Waals surface area (Å²) in [5.41, 5.74) is 1.55. The maximum Gasteiger partial charge on any atom is 0.284 e. The van der Waals surface area contributed by atoms with Gasteiger partial charge in [-0.2, -0.15) is 0 Å². The van der Waals surface area contributed by atoms with Crippen molar-refractivity contribution < 1.29 is 14.3 Å². The average molecular weight is 449 g/mol. The average Bonchev–Trinajstić information content (AvgIpc) is 3.23. The predicted molar refractivity (Wildman–Crippen MR) is 116 cm³/mol. The summed E-state index contributed by atoms with van der Waals surface area (Å²) >= 11 is 13.2. The van der Waals surface area contributed by atoms with Crippen LogP contribution in [0.15, 0.2) is 54.0 Å². The molecule has 3 rings (SSSR count). The first kappa shape index (κ1) is 21.3. The fourth-order valence-electron chi connectivity index (χ4n) is 2.59. The van der Waals surface area contributed by atoms with Gasteiger partial charge in [0, 0.05) is 35.1 Å². The Labute approximate surface area is 182 Å². The van der Waals surface area contributed by atoms with E-state index in [-0.39, 0.29) is 11.7 Å². The van der Waals surface area contributed by atoms with Crippen LogP contribution in [0.25, 0.3) is 0 Å². The summed E-state index contributed by atoms with van der Waals surface area (Å²) in [6, 6.07) is 12.3. The molecule has 2 aromatic carbocycles. The molecular formula is C21H18Cl2N2O3S. The van der Waals surface area contributed by atoms with Crippen molar-refractivity contribution in [2.45, 2.75) is 19.3 Å². The highest BCUT2D eigenvalue weighted by Gasteiger charge is 2.09. The van der Waals surface area contributed by atoms with Crippen molar-refractivity contribution in [2.24, 2.45) is 0 Å². The zero-order valence-corrected chi connectivity index (χ0v) is 17.7. The number of benzene rings is 2. The first-order valence-electron chi connectivity index (χ1n) is 8.90. The number of ketones is 1. The van der Waals surface area contributed by atoms with Crippen LogP contribution >= 0.6 is 34.5 Å². The van der Waals surface area contributed by atoms with E-state index in [1.807, 2.05) is 12.1 Å². The second-order valence-corrected chi connectivity index (χ2v) is 7.97. The van der Waals surface area contributed by atoms with E-state index in [1.54, 1.807) is 41.9 Å². The lowest BCUT2D eigenvalue weighted by molar-refractivity contribution is -0.118. The zero-order chi connectivity index (χ0) is 20.6. The third kappa shape index (κ3) is 6.56. The first-order chi connectivity index (χ1) is 14.0. The molecule has 0 unspecified atom stereocenters. The molecule has 1 N–H and O–H groups in total. The van der Waals surface area contributed by atoms with Crippen molar-refractivity contribution in [1.29, 1.82) is 0 Å². The molecule has 1 aromatic heterocycles. The lowest BCUT2D eigenvalue weighted by Gasteiger charge is -2.08. The normalized spacial score (nSPS) is 10.6. The Bertz CT molecular complexity index is 976. The van der Waals surface area contributed by atoms with E-state index in [0.29, 0.717) is 52.4 Å². The smallest absolute Gasteiger partial charge is 0.284 e. The number of hydrogen-bond donors (Lipinski definition) is 1. The number of anilines is 1. The van der Waals surface area contributed by atoms with Crippen molar-refractivity contribution in [3.63, 3.8) is 0 Å². The van der Waals surface area contributed by atoms with E-state index in [1.165, 1.54) is 11.3 Å². The molecule has 0 aliphatic rings. The second-order valence-electron chi connectivity index (χ2n) is 6.23. The van der Waals surface area contributed by atoms with Crippen molar-refractivity contribution >= 4 is 51.9 Å². The topological polar surface area (TPSA) is 68.3 Å². The highest BCUT2D eigenvalue weighted by molar-refractivity contribution is 7.11. The fourth-order valence-corrected chi connectivity index (χ4v) is 3.58. The summed E-state index contributed by atoms with van der Waals surface area (Å²) in [7, 11) is 0. The number of hydrogen-bond acceptors (Lipinski definition) is 5. The Kier molecular flexibility index (Phi) is 7.63. The molecular weight excluding hydrogens is 431 g/mol. The number of ether oxygens (including phenoxy) is 1. The number of amides is 1. The zero-order valence-electron chi connectivity index (χ0n) is 15.4. The third-order valence-corrected chi connectivity index (χ3v) is 5.29. The Morgan fingerprint density at radius 1 is 1.10 bits per heavy atom. The molecule has 0 radical (unpaired) electrons. The highest BCUT2D eigenvalue weighted by atomic mass is 35.5.